The van der Waals surface area contributed by atoms with Crippen molar-refractivity contribution in [2.45, 2.75) is 96.2 Å². The molecule has 4 aromatic rings. The number of carbonyl (C=O) groups excluding carboxylic acids is 4. The number of hydrogen-bond donors (Lipinski definition) is 2. The van der Waals surface area contributed by atoms with Gasteiger partial charge in [0.05, 0.1) is 11.2 Å². The number of nitrogens with zero attached hydrogens (tertiary/aromatic N) is 9. The minimum Gasteiger partial charge on any atom is -0.370 e. The number of para-hydroxylation sites is 1. The molecule has 2 aliphatic heterocycles. The minimum absolute atomic E-state index is 0.0442. The number of aldehydes is 1. The average Bonchev–Trinajstić information content (AvgIpc) is 3.92. The van der Waals surface area contributed by atoms with E-state index in [1.807, 2.05) is 44.4 Å². The maximum atomic E-state index is 16.5. The number of fused-ring (bicyclic) bond motifs is 1. The largest absolute Gasteiger partial charge is 0.370 e. The van der Waals surface area contributed by atoms with Crippen molar-refractivity contribution in [3.8, 4) is 0 Å². The summed E-state index contributed by atoms with van der Waals surface area (Å²) < 4.78 is 18.3. The molecule has 0 radical (unpaired) electrons. The van der Waals surface area contributed by atoms with Crippen LogP contribution in [0.3, 0.4) is 0 Å². The predicted molar refractivity (Wildman–Crippen MR) is 236 cm³/mol. The van der Waals surface area contributed by atoms with E-state index in [1.165, 1.54) is 11.8 Å². The zero-order valence-electron chi connectivity index (χ0n) is 36.0. The summed E-state index contributed by atoms with van der Waals surface area (Å²) in [5.74, 6) is 2.14. The number of ketones is 1. The lowest BCUT2D eigenvalue weighted by molar-refractivity contribution is -0.113. The molecular formula is C45H58FN11O4. The smallest absolute Gasteiger partial charge is 0.322 e. The number of piperidine rings is 2. The van der Waals surface area contributed by atoms with Gasteiger partial charge in [0.15, 0.2) is 11.6 Å². The standard InChI is InChI=1S/C45H58FN11O4/c1-30(32(3)60)31(2)37-27-49-43(51-41(37)57(29-59)35-10-6-7-11-35)50-39-15-14-34(26-48-39)33-16-21-54(22-17-33)28-45(46)18-23-55(24-19-45)38-13-8-12-36-40(38)53(5)52-42(36)56(20-9-25-58)44(61)47-4/h8,12-15,25-27,29,33,35H,6-7,9-11,16-24,28H2,1-5H3,(H,47,61)(H,48,49,50,51)/b31-30+. The summed E-state index contributed by atoms with van der Waals surface area (Å²) >= 11 is 0. The fourth-order valence-corrected chi connectivity index (χ4v) is 9.19. The molecule has 3 aliphatic rings. The van der Waals surface area contributed by atoms with E-state index in [4.69, 9.17) is 9.97 Å². The van der Waals surface area contributed by atoms with E-state index in [0.29, 0.717) is 72.9 Å². The second-order valence-electron chi connectivity index (χ2n) is 16.8. The molecule has 2 N–H and O–H groups in total. The number of carbonyl (C=O) groups is 4. The molecule has 3 amide bonds. The van der Waals surface area contributed by atoms with E-state index in [2.05, 4.69) is 36.6 Å². The van der Waals surface area contributed by atoms with Crippen LogP contribution < -0.4 is 25.3 Å². The number of amides is 3. The zero-order valence-corrected chi connectivity index (χ0v) is 36.0. The molecular weight excluding hydrogens is 778 g/mol. The number of aryl methyl sites for hydroxylation is 1. The predicted octanol–water partition coefficient (Wildman–Crippen LogP) is 6.71. The molecule has 61 heavy (non-hydrogen) atoms. The van der Waals surface area contributed by atoms with Crippen molar-refractivity contribution in [1.82, 2.24) is 34.9 Å². The SMILES string of the molecule is CNC(=O)N(CCC=O)c1nn(C)c2c(N3CCC(F)(CN4CCC(c5ccc(Nc6ncc(/C(C)=C(\C)C(C)=O)c(N(C=O)C7CCCC7)n6)nc5)CC4)CC3)cccc12. The molecule has 0 atom stereocenters. The summed E-state index contributed by atoms with van der Waals surface area (Å²) in [6, 6.07) is 9.59. The van der Waals surface area contributed by atoms with Crippen molar-refractivity contribution in [1.29, 1.82) is 0 Å². The topological polar surface area (TPSA) is 162 Å². The van der Waals surface area contributed by atoms with Crippen molar-refractivity contribution >= 4 is 70.1 Å². The van der Waals surface area contributed by atoms with Gasteiger partial charge in [-0.15, -0.1) is 0 Å². The number of aromatic nitrogens is 5. The summed E-state index contributed by atoms with van der Waals surface area (Å²) in [4.78, 5) is 70.2. The molecule has 0 unspecified atom stereocenters. The van der Waals surface area contributed by atoms with E-state index in [9.17, 15) is 19.2 Å². The Kier molecular flexibility index (Phi) is 13.4. The first-order valence-electron chi connectivity index (χ1n) is 21.5. The fourth-order valence-electron chi connectivity index (χ4n) is 9.19. The van der Waals surface area contributed by atoms with Gasteiger partial charge in [0.25, 0.3) is 0 Å². The number of halogens is 1. The van der Waals surface area contributed by atoms with Crippen molar-refractivity contribution in [2.75, 3.05) is 66.3 Å². The highest BCUT2D eigenvalue weighted by molar-refractivity contribution is 6.05. The maximum Gasteiger partial charge on any atom is 0.322 e. The number of nitrogens with one attached hydrogen (secondary N) is 2. The van der Waals surface area contributed by atoms with Gasteiger partial charge >= 0.3 is 6.03 Å². The molecule has 1 saturated carbocycles. The summed E-state index contributed by atoms with van der Waals surface area (Å²) in [7, 11) is 3.40. The number of allylic oxidation sites excluding steroid dienone is 2. The first kappa shape index (κ1) is 43.3. The Balaban J connectivity index is 0.951. The maximum absolute atomic E-state index is 16.5. The van der Waals surface area contributed by atoms with E-state index in [-0.39, 0.29) is 30.8 Å². The van der Waals surface area contributed by atoms with Crippen LogP contribution in [0.25, 0.3) is 16.5 Å². The Bertz CT molecular complexity index is 2260. The monoisotopic (exact) mass is 835 g/mol. The Labute approximate surface area is 356 Å². The third kappa shape index (κ3) is 9.43. The van der Waals surface area contributed by atoms with Gasteiger partial charge in [-0.05, 0) is 100 Å². The van der Waals surface area contributed by atoms with E-state index in [1.54, 1.807) is 29.7 Å². The quantitative estimate of drug-likeness (QED) is 0.0967. The fraction of sp³-hybridized carbons (Fsp3) is 0.511. The van der Waals surface area contributed by atoms with Crippen molar-refractivity contribution in [2.24, 2.45) is 7.05 Å². The Morgan fingerprint density at radius 1 is 0.951 bits per heavy atom. The average molecular weight is 836 g/mol. The number of anilines is 5. The van der Waals surface area contributed by atoms with Gasteiger partial charge in [0.1, 0.15) is 23.6 Å². The number of pyridine rings is 1. The lowest BCUT2D eigenvalue weighted by Gasteiger charge is -2.42. The summed E-state index contributed by atoms with van der Waals surface area (Å²) in [6.07, 6.45) is 11.9. The summed E-state index contributed by atoms with van der Waals surface area (Å²) in [5.41, 5.74) is 3.66. The third-order valence-corrected chi connectivity index (χ3v) is 12.9. The molecule has 0 spiro atoms. The number of alkyl halides is 1. The number of hydrogen-bond acceptors (Lipinski definition) is 11. The van der Waals surface area contributed by atoms with Crippen LogP contribution in [0.1, 0.15) is 95.6 Å². The molecule has 3 aromatic heterocycles. The lowest BCUT2D eigenvalue weighted by Crippen LogP contribution is -2.49. The molecule has 2 saturated heterocycles. The zero-order chi connectivity index (χ0) is 43.3. The Hall–Kier alpha value is -5.77. The van der Waals surface area contributed by atoms with Gasteiger partial charge in [-0.2, -0.15) is 10.1 Å². The number of likely N-dealkylation sites (tertiary alicyclic amines) is 1. The first-order valence-corrected chi connectivity index (χ1v) is 21.5. The second-order valence-corrected chi connectivity index (χ2v) is 16.8. The molecule has 324 valence electrons. The van der Waals surface area contributed by atoms with Gasteiger partial charge in [0.2, 0.25) is 12.4 Å². The summed E-state index contributed by atoms with van der Waals surface area (Å²) in [6.45, 7) is 8.52. The van der Waals surface area contributed by atoms with Crippen molar-refractivity contribution in [3.05, 3.63) is 59.4 Å². The first-order chi connectivity index (χ1) is 29.4. The third-order valence-electron chi connectivity index (χ3n) is 12.9. The van der Waals surface area contributed by atoms with Gasteiger partial charge in [-0.1, -0.05) is 25.0 Å². The van der Waals surface area contributed by atoms with E-state index < -0.39 is 5.67 Å². The van der Waals surface area contributed by atoms with Crippen LogP contribution in [0.15, 0.2) is 48.3 Å². The van der Waals surface area contributed by atoms with Crippen LogP contribution in [0, 0.1) is 0 Å². The molecule has 1 aliphatic carbocycles. The van der Waals surface area contributed by atoms with Gasteiger partial charge in [-0.25, -0.2) is 19.2 Å². The molecule has 5 heterocycles. The van der Waals surface area contributed by atoms with Gasteiger partial charge in [-0.3, -0.25) is 24.1 Å². The van der Waals surface area contributed by atoms with Crippen molar-refractivity contribution < 1.29 is 23.6 Å². The van der Waals surface area contributed by atoms with Gasteiger partial charge in [0, 0.05) is 88.9 Å². The highest BCUT2D eigenvalue weighted by Crippen LogP contribution is 2.38. The van der Waals surface area contributed by atoms with Gasteiger partial charge < -0.3 is 25.2 Å². The normalized spacial score (nSPS) is 17.8. The molecule has 0 bridgehead atoms. The number of urea groups is 1. The van der Waals surface area contributed by atoms with Crippen LogP contribution in [-0.2, 0) is 21.4 Å². The molecule has 3 fully saturated rings. The second kappa shape index (κ2) is 18.9. The highest BCUT2D eigenvalue weighted by atomic mass is 19.1. The number of Topliss-reactive ketones (excluding diaryl/α,β-unsaturated/α-hetero) is 1. The van der Waals surface area contributed by atoms with E-state index in [0.717, 1.165) is 92.0 Å². The van der Waals surface area contributed by atoms with Crippen LogP contribution in [-0.4, -0.2) is 112 Å². The minimum atomic E-state index is -1.30. The van der Waals surface area contributed by atoms with Crippen molar-refractivity contribution in [3.63, 3.8) is 0 Å². The summed E-state index contributed by atoms with van der Waals surface area (Å²) in [5, 5.41) is 11.4. The number of benzene rings is 1. The Morgan fingerprint density at radius 3 is 2.33 bits per heavy atom. The Morgan fingerprint density at radius 2 is 1.69 bits per heavy atom. The van der Waals surface area contributed by atoms with Crippen LogP contribution >= 0.6 is 0 Å². The van der Waals surface area contributed by atoms with Crippen LogP contribution in [0.2, 0.25) is 0 Å². The lowest BCUT2D eigenvalue weighted by atomic mass is 9.88. The van der Waals surface area contributed by atoms with E-state index >= 15 is 4.39 Å². The highest BCUT2D eigenvalue weighted by Gasteiger charge is 2.38. The molecule has 7 rings (SSSR count). The molecule has 1 aromatic carbocycles. The number of rotatable bonds is 15. The molecule has 15 nitrogen and oxygen atoms in total. The van der Waals surface area contributed by atoms with Crippen LogP contribution in [0.5, 0.6) is 0 Å². The van der Waals surface area contributed by atoms with Crippen LogP contribution in [0.4, 0.5) is 38.3 Å². The molecule has 16 heteroatoms.